The molecule has 1 aromatic carbocycles. The summed E-state index contributed by atoms with van der Waals surface area (Å²) in [5, 5.41) is 0. The van der Waals surface area contributed by atoms with Crippen molar-refractivity contribution in [1.82, 2.24) is 14.9 Å². The lowest BCUT2D eigenvalue weighted by Crippen LogP contribution is -2.45. The number of piperidine rings is 1. The van der Waals surface area contributed by atoms with Gasteiger partial charge in [0, 0.05) is 49.4 Å². The molecule has 1 saturated heterocycles. The molecule has 142 valence electrons. The summed E-state index contributed by atoms with van der Waals surface area (Å²) >= 11 is 0. The molecule has 2 heterocycles. The van der Waals surface area contributed by atoms with Gasteiger partial charge < -0.3 is 15.5 Å². The SMILES string of the molecule is CN(C)c1cccc(C(=O)N2CCC3(CCc4c3nc(N)[nH]c4=O)CC2)c1. The van der Waals surface area contributed by atoms with Crippen LogP contribution in [0.25, 0.3) is 0 Å². The van der Waals surface area contributed by atoms with Gasteiger partial charge in [0.05, 0.1) is 5.69 Å². The van der Waals surface area contributed by atoms with E-state index >= 15 is 0 Å². The standard InChI is InChI=1S/C20H25N5O2/c1-24(2)14-5-3-4-13(12-14)18(27)25-10-8-20(9-11-25)7-6-15-16(20)22-19(21)23-17(15)26/h3-5,12H,6-11H2,1-2H3,(H3,21,22,23,26). The van der Waals surface area contributed by atoms with Gasteiger partial charge >= 0.3 is 0 Å². The second-order valence-electron chi connectivity index (χ2n) is 7.80. The number of rotatable bonds is 2. The average molecular weight is 367 g/mol. The molecule has 0 bridgehead atoms. The van der Waals surface area contributed by atoms with Crippen molar-refractivity contribution in [2.45, 2.75) is 31.1 Å². The van der Waals surface area contributed by atoms with Crippen molar-refractivity contribution in [2.75, 3.05) is 37.8 Å². The summed E-state index contributed by atoms with van der Waals surface area (Å²) in [6.45, 7) is 1.33. The summed E-state index contributed by atoms with van der Waals surface area (Å²) in [6, 6.07) is 7.71. The van der Waals surface area contributed by atoms with Crippen LogP contribution in [0.5, 0.6) is 0 Å². The number of aromatic amines is 1. The molecular formula is C20H25N5O2. The highest BCUT2D eigenvalue weighted by Crippen LogP contribution is 2.44. The quantitative estimate of drug-likeness (QED) is 0.839. The van der Waals surface area contributed by atoms with Crippen LogP contribution in [-0.2, 0) is 11.8 Å². The van der Waals surface area contributed by atoms with E-state index in [0.29, 0.717) is 18.7 Å². The van der Waals surface area contributed by atoms with E-state index in [1.54, 1.807) is 0 Å². The molecule has 4 rings (SSSR count). The largest absolute Gasteiger partial charge is 0.378 e. The smallest absolute Gasteiger partial charge is 0.255 e. The van der Waals surface area contributed by atoms with E-state index in [1.165, 1.54) is 0 Å². The molecule has 0 unspecified atom stereocenters. The van der Waals surface area contributed by atoms with Crippen molar-refractivity contribution in [2.24, 2.45) is 0 Å². The zero-order chi connectivity index (χ0) is 19.2. The molecule has 1 aliphatic carbocycles. The van der Waals surface area contributed by atoms with Crippen LogP contribution in [0.4, 0.5) is 11.6 Å². The zero-order valence-corrected chi connectivity index (χ0v) is 15.8. The van der Waals surface area contributed by atoms with Crippen LogP contribution in [0.15, 0.2) is 29.1 Å². The first-order valence-corrected chi connectivity index (χ1v) is 9.35. The number of hydrogen-bond acceptors (Lipinski definition) is 5. The van der Waals surface area contributed by atoms with Crippen LogP contribution in [0.1, 0.15) is 40.9 Å². The molecule has 2 aromatic rings. The van der Waals surface area contributed by atoms with Crippen molar-refractivity contribution < 1.29 is 4.79 Å². The number of anilines is 2. The van der Waals surface area contributed by atoms with E-state index in [-0.39, 0.29) is 22.8 Å². The number of fused-ring (bicyclic) bond motifs is 2. The molecule has 1 aliphatic heterocycles. The van der Waals surface area contributed by atoms with Gasteiger partial charge in [-0.15, -0.1) is 0 Å². The Morgan fingerprint density at radius 1 is 1.26 bits per heavy atom. The molecule has 0 atom stereocenters. The Hall–Kier alpha value is -2.83. The van der Waals surface area contributed by atoms with Crippen LogP contribution in [0.2, 0.25) is 0 Å². The molecule has 1 aromatic heterocycles. The molecule has 3 N–H and O–H groups in total. The van der Waals surface area contributed by atoms with E-state index in [1.807, 2.05) is 48.2 Å². The van der Waals surface area contributed by atoms with E-state index in [2.05, 4.69) is 9.97 Å². The molecule has 27 heavy (non-hydrogen) atoms. The highest BCUT2D eigenvalue weighted by Gasteiger charge is 2.44. The molecular weight excluding hydrogens is 342 g/mol. The number of nitrogen functional groups attached to an aromatic ring is 1. The second-order valence-corrected chi connectivity index (χ2v) is 7.80. The third-order valence-electron chi connectivity index (χ3n) is 6.01. The van der Waals surface area contributed by atoms with E-state index in [4.69, 9.17) is 5.73 Å². The minimum absolute atomic E-state index is 0.0603. The maximum Gasteiger partial charge on any atom is 0.255 e. The average Bonchev–Trinajstić information content (AvgIpc) is 3.00. The van der Waals surface area contributed by atoms with Crippen molar-refractivity contribution in [3.63, 3.8) is 0 Å². The number of H-pyrrole nitrogens is 1. The van der Waals surface area contributed by atoms with Gasteiger partial charge in [-0.1, -0.05) is 6.07 Å². The highest BCUT2D eigenvalue weighted by atomic mass is 16.2. The summed E-state index contributed by atoms with van der Waals surface area (Å²) in [6.07, 6.45) is 3.26. The van der Waals surface area contributed by atoms with E-state index in [0.717, 1.165) is 42.6 Å². The Labute approximate surface area is 158 Å². The molecule has 0 radical (unpaired) electrons. The van der Waals surface area contributed by atoms with Crippen LogP contribution in [0, 0.1) is 0 Å². The van der Waals surface area contributed by atoms with E-state index in [9.17, 15) is 9.59 Å². The predicted molar refractivity (Wildman–Crippen MR) is 105 cm³/mol. The Kier molecular flexibility index (Phi) is 4.17. The first-order valence-electron chi connectivity index (χ1n) is 9.35. The predicted octanol–water partition coefficient (Wildman–Crippen LogP) is 1.54. The molecule has 7 nitrogen and oxygen atoms in total. The number of amides is 1. The normalized spacial score (nSPS) is 17.8. The lowest BCUT2D eigenvalue weighted by molar-refractivity contribution is 0.0663. The number of benzene rings is 1. The van der Waals surface area contributed by atoms with Gasteiger partial charge in [-0.05, 0) is 43.9 Å². The molecule has 1 amide bonds. The maximum absolute atomic E-state index is 12.9. The molecule has 7 heteroatoms. The van der Waals surface area contributed by atoms with E-state index < -0.39 is 0 Å². The molecule has 2 aliphatic rings. The highest BCUT2D eigenvalue weighted by molar-refractivity contribution is 5.95. The van der Waals surface area contributed by atoms with Crippen molar-refractivity contribution in [1.29, 1.82) is 0 Å². The van der Waals surface area contributed by atoms with Gasteiger partial charge in [0.1, 0.15) is 0 Å². The monoisotopic (exact) mass is 367 g/mol. The summed E-state index contributed by atoms with van der Waals surface area (Å²) in [7, 11) is 3.93. The van der Waals surface area contributed by atoms with Gasteiger partial charge in [0.15, 0.2) is 0 Å². The molecule has 1 fully saturated rings. The lowest BCUT2D eigenvalue weighted by atomic mass is 9.76. The third kappa shape index (κ3) is 2.97. The Bertz CT molecular complexity index is 942. The number of likely N-dealkylation sites (tertiary alicyclic amines) is 1. The van der Waals surface area contributed by atoms with Gasteiger partial charge in [-0.2, -0.15) is 0 Å². The Morgan fingerprint density at radius 2 is 2.00 bits per heavy atom. The summed E-state index contributed by atoms with van der Waals surface area (Å²) in [5.41, 5.74) is 8.88. The summed E-state index contributed by atoms with van der Waals surface area (Å²) in [4.78, 5) is 36.1. The van der Waals surface area contributed by atoms with Crippen LogP contribution < -0.4 is 16.2 Å². The first kappa shape index (κ1) is 17.6. The Morgan fingerprint density at radius 3 is 2.70 bits per heavy atom. The topological polar surface area (TPSA) is 95.3 Å². The van der Waals surface area contributed by atoms with Gasteiger partial charge in [-0.25, -0.2) is 4.98 Å². The minimum atomic E-state index is -0.125. The molecule has 1 spiro atoms. The van der Waals surface area contributed by atoms with Gasteiger partial charge in [-0.3, -0.25) is 14.6 Å². The van der Waals surface area contributed by atoms with Crippen LogP contribution >= 0.6 is 0 Å². The fraction of sp³-hybridized carbons (Fsp3) is 0.450. The number of hydrogen-bond donors (Lipinski definition) is 2. The number of nitrogens with zero attached hydrogens (tertiary/aromatic N) is 3. The fourth-order valence-electron chi connectivity index (χ4n) is 4.39. The van der Waals surface area contributed by atoms with Gasteiger partial charge in [0.2, 0.25) is 5.95 Å². The Balaban J connectivity index is 1.53. The number of carbonyl (C=O) groups is 1. The number of nitrogens with one attached hydrogen (secondary N) is 1. The number of carbonyl (C=O) groups excluding carboxylic acids is 1. The first-order chi connectivity index (χ1) is 12.9. The maximum atomic E-state index is 12.9. The zero-order valence-electron chi connectivity index (χ0n) is 15.8. The molecule has 0 saturated carbocycles. The van der Waals surface area contributed by atoms with Gasteiger partial charge in [0.25, 0.3) is 11.5 Å². The minimum Gasteiger partial charge on any atom is -0.378 e. The van der Waals surface area contributed by atoms with Crippen molar-refractivity contribution in [3.8, 4) is 0 Å². The van der Waals surface area contributed by atoms with Crippen LogP contribution in [0.3, 0.4) is 0 Å². The number of nitrogens with two attached hydrogens (primary N) is 1. The third-order valence-corrected chi connectivity index (χ3v) is 6.01. The lowest BCUT2D eigenvalue weighted by Gasteiger charge is -2.39. The fourth-order valence-corrected chi connectivity index (χ4v) is 4.39. The summed E-state index contributed by atoms with van der Waals surface area (Å²) < 4.78 is 0. The van der Waals surface area contributed by atoms with Crippen molar-refractivity contribution in [3.05, 3.63) is 51.4 Å². The van der Waals surface area contributed by atoms with Crippen molar-refractivity contribution >= 4 is 17.5 Å². The second kappa shape index (κ2) is 6.40. The summed E-state index contributed by atoms with van der Waals surface area (Å²) in [5.74, 6) is 0.240. The number of aromatic nitrogens is 2. The van der Waals surface area contributed by atoms with Crippen LogP contribution in [-0.4, -0.2) is 48.0 Å².